The van der Waals surface area contributed by atoms with E-state index in [0.29, 0.717) is 4.83 Å². The van der Waals surface area contributed by atoms with Gasteiger partial charge < -0.3 is 9.47 Å². The maximum absolute atomic E-state index is 5.46. The zero-order chi connectivity index (χ0) is 14.7. The van der Waals surface area contributed by atoms with Crippen molar-refractivity contribution in [2.45, 2.75) is 24.1 Å². The highest BCUT2D eigenvalue weighted by Crippen LogP contribution is 2.73. The van der Waals surface area contributed by atoms with Crippen LogP contribution in [0, 0.1) is 29.6 Å². The summed E-state index contributed by atoms with van der Waals surface area (Å²) in [5.41, 5.74) is 1.30. The molecule has 1 aromatic rings. The first kappa shape index (κ1) is 14.4. The Morgan fingerprint density at radius 1 is 1.05 bits per heavy atom. The highest BCUT2D eigenvalue weighted by molar-refractivity contribution is 9.11. The van der Waals surface area contributed by atoms with E-state index in [0.717, 1.165) is 45.6 Å². The van der Waals surface area contributed by atoms with Crippen LogP contribution in [0.5, 0.6) is 11.5 Å². The first-order chi connectivity index (χ1) is 10.2. The molecule has 114 valence electrons. The molecule has 0 spiro atoms. The SMILES string of the molecule is COc1cc(Br)c(C(Br)C2C3C4CCC(C4)C32)cc1OC. The third-order valence-corrected chi connectivity index (χ3v) is 7.72. The summed E-state index contributed by atoms with van der Waals surface area (Å²) in [6.07, 6.45) is 4.43. The number of hydrogen-bond acceptors (Lipinski definition) is 2. The summed E-state index contributed by atoms with van der Waals surface area (Å²) >= 11 is 7.69. The Hall–Kier alpha value is -0.220. The van der Waals surface area contributed by atoms with E-state index in [1.54, 1.807) is 14.2 Å². The van der Waals surface area contributed by atoms with Crippen LogP contribution in [0.4, 0.5) is 0 Å². The molecule has 4 heteroatoms. The molecule has 2 nitrogen and oxygen atoms in total. The van der Waals surface area contributed by atoms with Gasteiger partial charge in [0.25, 0.3) is 0 Å². The Balaban J connectivity index is 1.62. The lowest BCUT2D eigenvalue weighted by atomic mass is 9.97. The normalized spacial score (nSPS) is 37.2. The number of alkyl halides is 1. The van der Waals surface area contributed by atoms with Gasteiger partial charge in [-0.3, -0.25) is 0 Å². The van der Waals surface area contributed by atoms with E-state index in [4.69, 9.17) is 9.47 Å². The molecule has 21 heavy (non-hydrogen) atoms. The first-order valence-corrected chi connectivity index (χ1v) is 9.42. The number of benzene rings is 1. The Kier molecular flexibility index (Phi) is 3.53. The first-order valence-electron chi connectivity index (χ1n) is 7.71. The monoisotopic (exact) mass is 414 g/mol. The molecule has 3 aliphatic rings. The fourth-order valence-corrected chi connectivity index (χ4v) is 7.03. The van der Waals surface area contributed by atoms with Gasteiger partial charge >= 0.3 is 0 Å². The van der Waals surface area contributed by atoms with Crippen molar-refractivity contribution < 1.29 is 9.47 Å². The Bertz CT molecular complexity index is 558. The molecule has 2 bridgehead atoms. The predicted octanol–water partition coefficient (Wildman–Crippen LogP) is 5.19. The second kappa shape index (κ2) is 5.16. The van der Waals surface area contributed by atoms with Gasteiger partial charge in [-0.05, 0) is 66.5 Å². The molecule has 0 N–H and O–H groups in total. The molecule has 3 fully saturated rings. The molecule has 3 aliphatic carbocycles. The molecule has 4 rings (SSSR count). The maximum atomic E-state index is 5.46. The number of hydrogen-bond donors (Lipinski definition) is 0. The minimum Gasteiger partial charge on any atom is -0.493 e. The van der Waals surface area contributed by atoms with Crippen molar-refractivity contribution in [1.82, 2.24) is 0 Å². The van der Waals surface area contributed by atoms with Gasteiger partial charge in [-0.15, -0.1) is 0 Å². The van der Waals surface area contributed by atoms with Crippen LogP contribution in [0.15, 0.2) is 16.6 Å². The maximum Gasteiger partial charge on any atom is 0.161 e. The standard InChI is InChI=1S/C17H20Br2O2/c1-20-12-6-10(11(18)7-13(12)21-2)17(19)16-14-8-3-4-9(5-8)15(14)16/h6-9,14-17H,3-5H2,1-2H3. The summed E-state index contributed by atoms with van der Waals surface area (Å²) < 4.78 is 12.0. The van der Waals surface area contributed by atoms with Crippen LogP contribution in [-0.4, -0.2) is 14.2 Å². The lowest BCUT2D eigenvalue weighted by molar-refractivity contribution is 0.354. The van der Waals surface area contributed by atoms with E-state index < -0.39 is 0 Å². The number of rotatable bonds is 4. The largest absolute Gasteiger partial charge is 0.493 e. The third kappa shape index (κ3) is 2.08. The molecular formula is C17H20Br2O2. The molecule has 0 amide bonds. The summed E-state index contributed by atoms with van der Waals surface area (Å²) in [6, 6.07) is 4.15. The molecule has 0 aromatic heterocycles. The van der Waals surface area contributed by atoms with Crippen molar-refractivity contribution in [3.63, 3.8) is 0 Å². The van der Waals surface area contributed by atoms with E-state index in [1.165, 1.54) is 24.8 Å². The predicted molar refractivity (Wildman–Crippen MR) is 90.2 cm³/mol. The van der Waals surface area contributed by atoms with Gasteiger partial charge in [0.15, 0.2) is 11.5 Å². The lowest BCUT2D eigenvalue weighted by Gasteiger charge is -2.18. The number of methoxy groups -OCH3 is 2. The van der Waals surface area contributed by atoms with Crippen LogP contribution in [-0.2, 0) is 0 Å². The summed E-state index contributed by atoms with van der Waals surface area (Å²) in [7, 11) is 3.38. The fraction of sp³-hybridized carbons (Fsp3) is 0.647. The summed E-state index contributed by atoms with van der Waals surface area (Å²) in [5, 5.41) is 0. The summed E-state index contributed by atoms with van der Waals surface area (Å²) in [5.74, 6) is 6.35. The molecule has 0 saturated heterocycles. The second-order valence-corrected chi connectivity index (χ2v) is 8.54. The molecule has 5 unspecified atom stereocenters. The molecular weight excluding hydrogens is 396 g/mol. The second-order valence-electron chi connectivity index (χ2n) is 6.70. The van der Waals surface area contributed by atoms with Crippen LogP contribution in [0.3, 0.4) is 0 Å². The Labute approximate surface area is 142 Å². The molecule has 0 radical (unpaired) electrons. The van der Waals surface area contributed by atoms with E-state index in [1.807, 2.05) is 6.07 Å². The molecule has 0 aliphatic heterocycles. The average Bonchev–Trinajstić information content (AvgIpc) is 2.93. The van der Waals surface area contributed by atoms with E-state index in [2.05, 4.69) is 37.9 Å². The van der Waals surface area contributed by atoms with Crippen molar-refractivity contribution in [1.29, 1.82) is 0 Å². The van der Waals surface area contributed by atoms with E-state index in [-0.39, 0.29) is 0 Å². The van der Waals surface area contributed by atoms with Crippen LogP contribution in [0.1, 0.15) is 29.7 Å². The average molecular weight is 416 g/mol. The van der Waals surface area contributed by atoms with Gasteiger partial charge in [0, 0.05) is 9.30 Å². The van der Waals surface area contributed by atoms with E-state index >= 15 is 0 Å². The van der Waals surface area contributed by atoms with Gasteiger partial charge in [-0.2, -0.15) is 0 Å². The Morgan fingerprint density at radius 3 is 2.19 bits per heavy atom. The van der Waals surface area contributed by atoms with Gasteiger partial charge in [0.1, 0.15) is 0 Å². The quantitative estimate of drug-likeness (QED) is 0.629. The zero-order valence-electron chi connectivity index (χ0n) is 12.3. The van der Waals surface area contributed by atoms with Gasteiger partial charge in [-0.25, -0.2) is 0 Å². The number of halogens is 2. The van der Waals surface area contributed by atoms with Gasteiger partial charge in [-0.1, -0.05) is 31.9 Å². The minimum atomic E-state index is 0.421. The zero-order valence-corrected chi connectivity index (χ0v) is 15.5. The van der Waals surface area contributed by atoms with Crippen LogP contribution in [0.2, 0.25) is 0 Å². The van der Waals surface area contributed by atoms with Crippen molar-refractivity contribution in [3.05, 3.63) is 22.2 Å². The van der Waals surface area contributed by atoms with E-state index in [9.17, 15) is 0 Å². The number of fused-ring (bicyclic) bond motifs is 5. The fourth-order valence-electron chi connectivity index (χ4n) is 5.07. The summed E-state index contributed by atoms with van der Waals surface area (Å²) in [4.78, 5) is 0.421. The smallest absolute Gasteiger partial charge is 0.161 e. The summed E-state index contributed by atoms with van der Waals surface area (Å²) in [6.45, 7) is 0. The highest BCUT2D eigenvalue weighted by Gasteiger charge is 2.66. The molecule has 5 atom stereocenters. The molecule has 3 saturated carbocycles. The van der Waals surface area contributed by atoms with Gasteiger partial charge in [0.2, 0.25) is 0 Å². The van der Waals surface area contributed by atoms with Crippen molar-refractivity contribution in [2.24, 2.45) is 29.6 Å². The van der Waals surface area contributed by atoms with Crippen molar-refractivity contribution in [2.75, 3.05) is 14.2 Å². The Morgan fingerprint density at radius 2 is 1.62 bits per heavy atom. The van der Waals surface area contributed by atoms with Gasteiger partial charge in [0.05, 0.1) is 14.2 Å². The van der Waals surface area contributed by atoms with Crippen molar-refractivity contribution >= 4 is 31.9 Å². The minimum absolute atomic E-state index is 0.421. The van der Waals surface area contributed by atoms with Crippen LogP contribution < -0.4 is 9.47 Å². The molecule has 1 aromatic carbocycles. The van der Waals surface area contributed by atoms with Crippen molar-refractivity contribution in [3.8, 4) is 11.5 Å². The van der Waals surface area contributed by atoms with Crippen LogP contribution in [0.25, 0.3) is 0 Å². The highest BCUT2D eigenvalue weighted by atomic mass is 79.9. The topological polar surface area (TPSA) is 18.5 Å². The number of ether oxygens (including phenoxy) is 2. The van der Waals surface area contributed by atoms with Crippen LogP contribution >= 0.6 is 31.9 Å². The third-order valence-electron chi connectivity index (χ3n) is 5.93. The molecule has 0 heterocycles. The lowest BCUT2D eigenvalue weighted by Crippen LogP contribution is -2.05.